The maximum Gasteiger partial charge on any atom is 0.333 e. The summed E-state index contributed by atoms with van der Waals surface area (Å²) in [5.41, 5.74) is 0.0283. The highest BCUT2D eigenvalue weighted by Crippen LogP contribution is 2.11. The summed E-state index contributed by atoms with van der Waals surface area (Å²) in [5, 5.41) is 17.7. The van der Waals surface area contributed by atoms with E-state index in [2.05, 4.69) is 13.5 Å². The molecule has 0 aliphatic carbocycles. The van der Waals surface area contributed by atoms with Gasteiger partial charge in [0.15, 0.2) is 0 Å². The molecule has 0 fully saturated rings. The first kappa shape index (κ1) is 24.6. The maximum absolute atomic E-state index is 11.7. The van der Waals surface area contributed by atoms with Gasteiger partial charge in [0.25, 0.3) is 0 Å². The second kappa shape index (κ2) is 17.0. The van der Waals surface area contributed by atoms with Crippen LogP contribution in [0.5, 0.6) is 0 Å². The Morgan fingerprint density at radius 1 is 0.923 bits per heavy atom. The molecule has 0 aromatic carbocycles. The van der Waals surface area contributed by atoms with Gasteiger partial charge in [0, 0.05) is 5.57 Å². The van der Waals surface area contributed by atoms with Gasteiger partial charge in [-0.15, -0.1) is 0 Å². The molecule has 1 unspecified atom stereocenters. The van der Waals surface area contributed by atoms with E-state index in [9.17, 15) is 9.59 Å². The van der Waals surface area contributed by atoms with Gasteiger partial charge in [0.2, 0.25) is 0 Å². The Morgan fingerprint density at radius 2 is 1.46 bits per heavy atom. The van der Waals surface area contributed by atoms with Gasteiger partial charge in [0.05, 0.1) is 19.6 Å². The number of hydrogen-bond acceptors (Lipinski definition) is 6. The van der Waals surface area contributed by atoms with Crippen LogP contribution in [0.1, 0.15) is 77.6 Å². The highest BCUT2D eigenvalue weighted by molar-refractivity contribution is 5.93. The van der Waals surface area contributed by atoms with E-state index >= 15 is 0 Å². The number of ether oxygens (including phenoxy) is 2. The fourth-order valence-electron chi connectivity index (χ4n) is 2.40. The van der Waals surface area contributed by atoms with E-state index in [0.717, 1.165) is 19.3 Å². The molecule has 6 nitrogen and oxygen atoms in total. The van der Waals surface area contributed by atoms with Gasteiger partial charge < -0.3 is 19.7 Å². The van der Waals surface area contributed by atoms with E-state index in [0.29, 0.717) is 6.61 Å². The average Bonchev–Trinajstić information content (AvgIpc) is 2.63. The van der Waals surface area contributed by atoms with Crippen LogP contribution in [-0.4, -0.2) is 48.1 Å². The molecule has 0 aromatic heterocycles. The van der Waals surface area contributed by atoms with Gasteiger partial charge >= 0.3 is 11.9 Å². The largest absolute Gasteiger partial charge is 0.463 e. The zero-order chi connectivity index (χ0) is 19.6. The van der Waals surface area contributed by atoms with E-state index in [1.54, 1.807) is 0 Å². The van der Waals surface area contributed by atoms with Crippen LogP contribution in [0.25, 0.3) is 0 Å². The van der Waals surface area contributed by atoms with E-state index in [4.69, 9.17) is 19.7 Å². The summed E-state index contributed by atoms with van der Waals surface area (Å²) >= 11 is 0. The van der Waals surface area contributed by atoms with Crippen molar-refractivity contribution in [1.82, 2.24) is 0 Å². The predicted octanol–water partition coefficient (Wildman–Crippen LogP) is 3.29. The monoisotopic (exact) mass is 372 g/mol. The number of carbonyl (C=O) groups is 2. The highest BCUT2D eigenvalue weighted by Gasteiger charge is 2.15. The summed E-state index contributed by atoms with van der Waals surface area (Å²) in [6.07, 6.45) is 10.7. The summed E-state index contributed by atoms with van der Waals surface area (Å²) in [5.74, 6) is -1.28. The number of esters is 2. The average molecular weight is 373 g/mol. The molecule has 0 saturated carbocycles. The summed E-state index contributed by atoms with van der Waals surface area (Å²) in [6.45, 7) is 5.27. The zero-order valence-electron chi connectivity index (χ0n) is 16.2. The minimum absolute atomic E-state index is 0.0283. The number of aliphatic hydroxyl groups excluding tert-OH is 2. The van der Waals surface area contributed by atoms with Crippen molar-refractivity contribution in [3.05, 3.63) is 12.2 Å². The Kier molecular flexibility index (Phi) is 16.1. The highest BCUT2D eigenvalue weighted by atomic mass is 16.5. The Bertz CT molecular complexity index is 394. The van der Waals surface area contributed by atoms with Crippen LogP contribution in [0, 0.1) is 0 Å². The second-order valence-electron chi connectivity index (χ2n) is 6.62. The topological polar surface area (TPSA) is 93.1 Å². The third-order valence-electron chi connectivity index (χ3n) is 4.02. The number of rotatable bonds is 17. The molecule has 0 saturated heterocycles. The summed E-state index contributed by atoms with van der Waals surface area (Å²) in [6, 6.07) is 0. The number of aliphatic hydroxyl groups is 2. The number of carbonyl (C=O) groups excluding carboxylic acids is 2. The SMILES string of the molecule is C=C(CC(=O)OCC(O)CO)C(=O)OCCCCCCCCCCCC. The minimum atomic E-state index is -1.12. The lowest BCUT2D eigenvalue weighted by molar-refractivity contribution is -0.149. The zero-order valence-corrected chi connectivity index (χ0v) is 16.2. The van der Waals surface area contributed by atoms with Gasteiger partial charge in [0.1, 0.15) is 12.7 Å². The molecule has 0 bridgehead atoms. The lowest BCUT2D eigenvalue weighted by Crippen LogP contribution is -2.22. The molecule has 1 atom stereocenters. The van der Waals surface area contributed by atoms with Gasteiger partial charge in [-0.05, 0) is 6.42 Å². The van der Waals surface area contributed by atoms with Crippen LogP contribution in [0.2, 0.25) is 0 Å². The Hall–Kier alpha value is -1.40. The van der Waals surface area contributed by atoms with Crippen molar-refractivity contribution in [3.63, 3.8) is 0 Å². The molecule has 0 heterocycles. The normalized spacial score (nSPS) is 11.8. The molecular weight excluding hydrogens is 336 g/mol. The molecule has 0 amide bonds. The molecular formula is C20H36O6. The van der Waals surface area contributed by atoms with Crippen LogP contribution in [0.4, 0.5) is 0 Å². The van der Waals surface area contributed by atoms with Crippen LogP contribution in [-0.2, 0) is 19.1 Å². The van der Waals surface area contributed by atoms with Crippen LogP contribution in [0.15, 0.2) is 12.2 Å². The number of unbranched alkanes of at least 4 members (excludes halogenated alkanes) is 9. The standard InChI is InChI=1S/C20H36O6/c1-3-4-5-6-7-8-9-10-11-12-13-25-20(24)17(2)14-19(23)26-16-18(22)15-21/h18,21-22H,2-16H2,1H3. The second-order valence-corrected chi connectivity index (χ2v) is 6.62. The molecule has 152 valence electrons. The van der Waals surface area contributed by atoms with Crippen LogP contribution in [0.3, 0.4) is 0 Å². The fourth-order valence-corrected chi connectivity index (χ4v) is 2.40. The van der Waals surface area contributed by atoms with Crippen molar-refractivity contribution in [2.24, 2.45) is 0 Å². The van der Waals surface area contributed by atoms with Gasteiger partial charge in [-0.1, -0.05) is 71.3 Å². The molecule has 0 spiro atoms. The third kappa shape index (κ3) is 14.9. The lowest BCUT2D eigenvalue weighted by atomic mass is 10.1. The fraction of sp³-hybridized carbons (Fsp3) is 0.800. The quantitative estimate of drug-likeness (QED) is 0.231. The van der Waals surface area contributed by atoms with E-state index in [1.165, 1.54) is 44.9 Å². The van der Waals surface area contributed by atoms with Gasteiger partial charge in [-0.3, -0.25) is 4.79 Å². The van der Waals surface area contributed by atoms with Gasteiger partial charge in [-0.2, -0.15) is 0 Å². The summed E-state index contributed by atoms with van der Waals surface area (Å²) < 4.78 is 9.80. The van der Waals surface area contributed by atoms with E-state index < -0.39 is 24.6 Å². The van der Waals surface area contributed by atoms with Crippen molar-refractivity contribution in [3.8, 4) is 0 Å². The maximum atomic E-state index is 11.7. The Balaban J connectivity index is 3.55. The molecule has 26 heavy (non-hydrogen) atoms. The molecule has 2 N–H and O–H groups in total. The van der Waals surface area contributed by atoms with Crippen molar-refractivity contribution < 1.29 is 29.3 Å². The first-order valence-corrected chi connectivity index (χ1v) is 9.80. The van der Waals surface area contributed by atoms with Crippen molar-refractivity contribution >= 4 is 11.9 Å². The Labute approximate surface area is 157 Å². The molecule has 0 radical (unpaired) electrons. The van der Waals surface area contributed by atoms with E-state index in [-0.39, 0.29) is 18.6 Å². The first-order chi connectivity index (χ1) is 12.5. The molecule has 0 rings (SSSR count). The summed E-state index contributed by atoms with van der Waals surface area (Å²) in [4.78, 5) is 23.2. The third-order valence-corrected chi connectivity index (χ3v) is 4.02. The van der Waals surface area contributed by atoms with Crippen LogP contribution >= 0.6 is 0 Å². The predicted molar refractivity (Wildman–Crippen MR) is 101 cm³/mol. The summed E-state index contributed by atoms with van der Waals surface area (Å²) in [7, 11) is 0. The molecule has 0 aromatic rings. The molecule has 0 aliphatic heterocycles. The molecule has 6 heteroatoms. The minimum Gasteiger partial charge on any atom is -0.463 e. The lowest BCUT2D eigenvalue weighted by Gasteiger charge is -2.09. The van der Waals surface area contributed by atoms with Crippen molar-refractivity contribution in [1.29, 1.82) is 0 Å². The van der Waals surface area contributed by atoms with Gasteiger partial charge in [-0.25, -0.2) is 4.79 Å². The van der Waals surface area contributed by atoms with Crippen LogP contribution < -0.4 is 0 Å². The van der Waals surface area contributed by atoms with Crippen molar-refractivity contribution in [2.45, 2.75) is 83.7 Å². The first-order valence-electron chi connectivity index (χ1n) is 9.80. The Morgan fingerprint density at radius 3 is 2.00 bits per heavy atom. The molecule has 0 aliphatic rings. The van der Waals surface area contributed by atoms with Crippen molar-refractivity contribution in [2.75, 3.05) is 19.8 Å². The smallest absolute Gasteiger partial charge is 0.333 e. The number of hydrogen-bond donors (Lipinski definition) is 2. The van der Waals surface area contributed by atoms with E-state index in [1.807, 2.05) is 0 Å².